The summed E-state index contributed by atoms with van der Waals surface area (Å²) in [5, 5.41) is 19.3. The summed E-state index contributed by atoms with van der Waals surface area (Å²) in [4.78, 5) is -0.0549. The number of nitrogens with zero attached hydrogens (tertiary/aromatic N) is 1. The van der Waals surface area contributed by atoms with E-state index in [1.54, 1.807) is 0 Å². The van der Waals surface area contributed by atoms with E-state index in [9.17, 15) is 13.5 Å². The summed E-state index contributed by atoms with van der Waals surface area (Å²) in [5.74, 6) is 0. The third-order valence-corrected chi connectivity index (χ3v) is 5.67. The van der Waals surface area contributed by atoms with Gasteiger partial charge in [0.15, 0.2) is 0 Å². The molecule has 8 heteroatoms. The maximum atomic E-state index is 12.4. The Bertz CT molecular complexity index is 592. The van der Waals surface area contributed by atoms with Crippen molar-refractivity contribution < 1.29 is 18.6 Å². The Hall–Kier alpha value is -0.370. The van der Waals surface area contributed by atoms with Gasteiger partial charge in [0.05, 0.1) is 11.6 Å². The fraction of sp³-hybridized carbons (Fsp3) is 0.455. The molecule has 1 atom stereocenters. The van der Waals surface area contributed by atoms with Crippen molar-refractivity contribution in [3.8, 4) is 0 Å². The van der Waals surface area contributed by atoms with Gasteiger partial charge in [-0.05, 0) is 24.6 Å². The average molecular weight is 326 g/mol. The standard InChI is InChI=1S/C11H13Cl2NO4S/c12-8-1-2-10(9(13)5-8)19(17,18)14-4-3-11(16,6-14)7-15/h1-2,5,15-16H,3-4,6-7H2/t11-/m0/s1. The summed E-state index contributed by atoms with van der Waals surface area (Å²) in [6, 6.07) is 4.12. The topological polar surface area (TPSA) is 77.8 Å². The van der Waals surface area contributed by atoms with Crippen molar-refractivity contribution in [1.82, 2.24) is 4.31 Å². The number of aliphatic hydroxyl groups is 2. The maximum absolute atomic E-state index is 12.4. The molecule has 0 amide bonds. The van der Waals surface area contributed by atoms with E-state index in [0.29, 0.717) is 5.02 Å². The largest absolute Gasteiger partial charge is 0.393 e. The van der Waals surface area contributed by atoms with Crippen LogP contribution in [0, 0.1) is 0 Å². The van der Waals surface area contributed by atoms with Gasteiger partial charge in [0.1, 0.15) is 10.5 Å². The van der Waals surface area contributed by atoms with E-state index in [4.69, 9.17) is 28.3 Å². The molecule has 0 aromatic heterocycles. The van der Waals surface area contributed by atoms with Gasteiger partial charge < -0.3 is 10.2 Å². The Morgan fingerprint density at radius 3 is 2.58 bits per heavy atom. The molecule has 1 aromatic carbocycles. The zero-order valence-corrected chi connectivity index (χ0v) is 12.2. The van der Waals surface area contributed by atoms with Gasteiger partial charge in [-0.25, -0.2) is 8.42 Å². The molecule has 1 fully saturated rings. The first-order valence-corrected chi connectivity index (χ1v) is 7.76. The van der Waals surface area contributed by atoms with Crippen molar-refractivity contribution in [1.29, 1.82) is 0 Å². The van der Waals surface area contributed by atoms with E-state index < -0.39 is 22.2 Å². The van der Waals surface area contributed by atoms with Crippen LogP contribution in [-0.2, 0) is 10.0 Å². The summed E-state index contributed by atoms with van der Waals surface area (Å²) in [5.41, 5.74) is -1.38. The van der Waals surface area contributed by atoms with E-state index in [1.807, 2.05) is 0 Å². The Morgan fingerprint density at radius 1 is 1.37 bits per heavy atom. The predicted octanol–water partition coefficient (Wildman–Crippen LogP) is 1.11. The number of hydrogen-bond donors (Lipinski definition) is 2. The molecule has 2 N–H and O–H groups in total. The van der Waals surface area contributed by atoms with Crippen LogP contribution in [-0.4, -0.2) is 48.2 Å². The average Bonchev–Trinajstić information content (AvgIpc) is 2.73. The van der Waals surface area contributed by atoms with Crippen LogP contribution in [0.1, 0.15) is 6.42 Å². The van der Waals surface area contributed by atoms with Crippen molar-refractivity contribution in [2.75, 3.05) is 19.7 Å². The van der Waals surface area contributed by atoms with Gasteiger partial charge in [-0.1, -0.05) is 23.2 Å². The lowest BCUT2D eigenvalue weighted by atomic mass is 10.1. The quantitative estimate of drug-likeness (QED) is 0.872. The van der Waals surface area contributed by atoms with Crippen molar-refractivity contribution in [2.24, 2.45) is 0 Å². The Morgan fingerprint density at radius 2 is 2.05 bits per heavy atom. The Kier molecular flexibility index (Phi) is 4.11. The summed E-state index contributed by atoms with van der Waals surface area (Å²) in [6.45, 7) is -0.490. The summed E-state index contributed by atoms with van der Waals surface area (Å²) < 4.78 is 25.9. The monoisotopic (exact) mass is 325 g/mol. The van der Waals surface area contributed by atoms with Crippen LogP contribution in [0.25, 0.3) is 0 Å². The van der Waals surface area contributed by atoms with Crippen molar-refractivity contribution in [3.63, 3.8) is 0 Å². The molecular weight excluding hydrogens is 313 g/mol. The molecule has 106 valence electrons. The Balaban J connectivity index is 2.34. The molecule has 1 aliphatic rings. The molecule has 1 aliphatic heterocycles. The first-order chi connectivity index (χ1) is 8.78. The lowest BCUT2D eigenvalue weighted by Crippen LogP contribution is -2.38. The number of halogens is 2. The third kappa shape index (κ3) is 2.89. The van der Waals surface area contributed by atoms with Crippen molar-refractivity contribution in [3.05, 3.63) is 28.2 Å². The molecule has 5 nitrogen and oxygen atoms in total. The van der Waals surface area contributed by atoms with Gasteiger partial charge in [0, 0.05) is 18.1 Å². The number of sulfonamides is 1. The molecule has 0 spiro atoms. The molecule has 1 aromatic rings. The molecule has 1 saturated heterocycles. The molecule has 0 saturated carbocycles. The van der Waals surface area contributed by atoms with Gasteiger partial charge in [-0.15, -0.1) is 0 Å². The smallest absolute Gasteiger partial charge is 0.244 e. The predicted molar refractivity (Wildman–Crippen MR) is 71.9 cm³/mol. The molecule has 0 unspecified atom stereocenters. The fourth-order valence-corrected chi connectivity index (χ4v) is 4.24. The highest BCUT2D eigenvalue weighted by molar-refractivity contribution is 7.89. The van der Waals surface area contributed by atoms with Crippen molar-refractivity contribution in [2.45, 2.75) is 16.9 Å². The molecule has 0 radical (unpaired) electrons. The molecule has 0 aliphatic carbocycles. The second kappa shape index (κ2) is 5.20. The van der Waals surface area contributed by atoms with Crippen LogP contribution in [0.5, 0.6) is 0 Å². The lowest BCUT2D eigenvalue weighted by Gasteiger charge is -2.21. The zero-order chi connectivity index (χ0) is 14.3. The maximum Gasteiger partial charge on any atom is 0.244 e. The first kappa shape index (κ1) is 15.0. The highest BCUT2D eigenvalue weighted by Gasteiger charge is 2.41. The van der Waals surface area contributed by atoms with Gasteiger partial charge in [0.2, 0.25) is 10.0 Å². The van der Waals surface area contributed by atoms with Crippen LogP contribution in [0.15, 0.2) is 23.1 Å². The molecule has 0 bridgehead atoms. The first-order valence-electron chi connectivity index (χ1n) is 5.57. The van der Waals surface area contributed by atoms with E-state index in [1.165, 1.54) is 18.2 Å². The van der Waals surface area contributed by atoms with Crippen LogP contribution in [0.4, 0.5) is 0 Å². The van der Waals surface area contributed by atoms with Gasteiger partial charge in [0.25, 0.3) is 0 Å². The highest BCUT2D eigenvalue weighted by atomic mass is 35.5. The van der Waals surface area contributed by atoms with E-state index in [2.05, 4.69) is 0 Å². The Labute approximate surface area is 121 Å². The van der Waals surface area contributed by atoms with Crippen LogP contribution >= 0.6 is 23.2 Å². The zero-order valence-electron chi connectivity index (χ0n) is 9.88. The number of hydrogen-bond acceptors (Lipinski definition) is 4. The number of aliphatic hydroxyl groups excluding tert-OH is 1. The van der Waals surface area contributed by atoms with E-state index in [-0.39, 0.29) is 29.4 Å². The summed E-state index contributed by atoms with van der Waals surface area (Å²) in [7, 11) is -3.80. The second-order valence-corrected chi connectivity index (χ2v) is 7.30. The lowest BCUT2D eigenvalue weighted by molar-refractivity contribution is -0.000733. The SMILES string of the molecule is O=S(=O)(c1ccc(Cl)cc1Cl)N1CC[C@@](O)(CO)C1. The van der Waals surface area contributed by atoms with Crippen LogP contribution < -0.4 is 0 Å². The number of benzene rings is 1. The third-order valence-electron chi connectivity index (χ3n) is 3.10. The molecule has 1 heterocycles. The summed E-state index contributed by atoms with van der Waals surface area (Å²) in [6.07, 6.45) is 0.188. The van der Waals surface area contributed by atoms with Crippen LogP contribution in [0.3, 0.4) is 0 Å². The van der Waals surface area contributed by atoms with E-state index in [0.717, 1.165) is 4.31 Å². The molecule has 19 heavy (non-hydrogen) atoms. The van der Waals surface area contributed by atoms with Crippen molar-refractivity contribution >= 4 is 33.2 Å². The van der Waals surface area contributed by atoms with Crippen LogP contribution in [0.2, 0.25) is 10.0 Å². The number of β-amino-alcohol motifs (C(OH)–C–C–N with tert-alkyl or cyclic N) is 1. The van der Waals surface area contributed by atoms with Gasteiger partial charge >= 0.3 is 0 Å². The summed E-state index contributed by atoms with van der Waals surface area (Å²) >= 11 is 11.6. The minimum atomic E-state index is -3.80. The second-order valence-electron chi connectivity index (χ2n) is 4.55. The van der Waals surface area contributed by atoms with Gasteiger partial charge in [-0.2, -0.15) is 4.31 Å². The van der Waals surface area contributed by atoms with E-state index >= 15 is 0 Å². The molecular formula is C11H13Cl2NO4S. The normalized spacial score (nSPS) is 24.8. The minimum absolute atomic E-state index is 0.0342. The number of rotatable bonds is 3. The fourth-order valence-electron chi connectivity index (χ4n) is 1.98. The highest BCUT2D eigenvalue weighted by Crippen LogP contribution is 2.31. The van der Waals surface area contributed by atoms with Gasteiger partial charge in [-0.3, -0.25) is 0 Å². The molecule has 2 rings (SSSR count). The minimum Gasteiger partial charge on any atom is -0.393 e.